The zero-order valence-electron chi connectivity index (χ0n) is 6.96. The first-order valence-electron chi connectivity index (χ1n) is 3.37. The van der Waals surface area contributed by atoms with Crippen LogP contribution in [0.5, 0.6) is 0 Å². The molecule has 1 N–H and O–H groups in total. The van der Waals surface area contributed by atoms with Gasteiger partial charge >= 0.3 is 0 Å². The molecule has 0 spiro atoms. The normalized spacial score (nSPS) is 9.73. The molecule has 4 heteroatoms. The number of hydrogen-bond acceptors (Lipinski definition) is 1. The minimum absolute atomic E-state index is 0.00120. The molecule has 0 saturated heterocycles. The van der Waals surface area contributed by atoms with Crippen molar-refractivity contribution in [1.29, 1.82) is 0 Å². The number of aromatic amines is 1. The number of nitrogens with zero attached hydrogens (tertiary/aromatic N) is 2. The van der Waals surface area contributed by atoms with Gasteiger partial charge in [0, 0.05) is 13.2 Å². The Morgan fingerprint density at radius 1 is 1.64 bits per heavy atom. The number of aryl methyl sites for hydroxylation is 1. The summed E-state index contributed by atoms with van der Waals surface area (Å²) in [6.07, 6.45) is 3.46. The van der Waals surface area contributed by atoms with Crippen molar-refractivity contribution in [2.75, 3.05) is 14.1 Å². The third-order valence-electron chi connectivity index (χ3n) is 1.36. The summed E-state index contributed by atoms with van der Waals surface area (Å²) in [7, 11) is 5.45. The standard InChI is InChI=1S/C7H11N3O/c1-9(2)5-6-4-8-10(3)7(6)11/h4-5H,1-3H3/p+1. The SMILES string of the molecule is Cn1[nH]cc(C=[N+](C)C)c1=O. The van der Waals surface area contributed by atoms with Gasteiger partial charge in [-0.25, -0.2) is 4.58 Å². The Morgan fingerprint density at radius 2 is 2.27 bits per heavy atom. The minimum Gasteiger partial charge on any atom is -0.302 e. The smallest absolute Gasteiger partial charge is 0.279 e. The second kappa shape index (κ2) is 2.74. The van der Waals surface area contributed by atoms with Gasteiger partial charge in [-0.1, -0.05) is 0 Å². The van der Waals surface area contributed by atoms with Gasteiger partial charge in [-0.2, -0.15) is 0 Å². The summed E-state index contributed by atoms with van der Waals surface area (Å²) in [6, 6.07) is 0. The third-order valence-corrected chi connectivity index (χ3v) is 1.36. The van der Waals surface area contributed by atoms with Crippen molar-refractivity contribution in [2.45, 2.75) is 0 Å². The van der Waals surface area contributed by atoms with E-state index in [1.165, 1.54) is 4.68 Å². The first kappa shape index (κ1) is 7.78. The molecule has 1 aromatic heterocycles. The number of H-pyrrole nitrogens is 1. The molecule has 0 aliphatic heterocycles. The lowest BCUT2D eigenvalue weighted by Crippen LogP contribution is -2.16. The van der Waals surface area contributed by atoms with Gasteiger partial charge in [-0.05, 0) is 0 Å². The molecule has 1 aromatic rings. The summed E-state index contributed by atoms with van der Waals surface area (Å²) in [5.74, 6) is 0. The highest BCUT2D eigenvalue weighted by Gasteiger charge is 2.02. The van der Waals surface area contributed by atoms with E-state index < -0.39 is 0 Å². The number of hydrogen-bond donors (Lipinski definition) is 1. The van der Waals surface area contributed by atoms with Gasteiger partial charge in [0.2, 0.25) is 0 Å². The largest absolute Gasteiger partial charge is 0.302 e. The maximum absolute atomic E-state index is 11.2. The van der Waals surface area contributed by atoms with Crippen LogP contribution in [0, 0.1) is 0 Å². The Morgan fingerprint density at radius 3 is 2.64 bits per heavy atom. The molecule has 0 unspecified atom stereocenters. The monoisotopic (exact) mass is 154 g/mol. The van der Waals surface area contributed by atoms with E-state index in [9.17, 15) is 4.79 Å². The van der Waals surface area contributed by atoms with Crippen LogP contribution < -0.4 is 5.56 Å². The summed E-state index contributed by atoms with van der Waals surface area (Å²) in [6.45, 7) is 0. The van der Waals surface area contributed by atoms with E-state index in [0.717, 1.165) is 0 Å². The molecule has 1 rings (SSSR count). The lowest BCUT2D eigenvalue weighted by atomic mass is 10.4. The van der Waals surface area contributed by atoms with Crippen LogP contribution in [0.3, 0.4) is 0 Å². The molecule has 11 heavy (non-hydrogen) atoms. The van der Waals surface area contributed by atoms with Crippen LogP contribution in [0.4, 0.5) is 0 Å². The summed E-state index contributed by atoms with van der Waals surface area (Å²) in [5, 5.41) is 2.79. The predicted octanol–water partition coefficient (Wildman–Crippen LogP) is -0.596. The first-order valence-corrected chi connectivity index (χ1v) is 3.37. The Balaban J connectivity index is 3.16. The van der Waals surface area contributed by atoms with E-state index in [-0.39, 0.29) is 5.56 Å². The molecule has 0 aromatic carbocycles. The first-order chi connectivity index (χ1) is 5.11. The van der Waals surface area contributed by atoms with Gasteiger partial charge in [-0.3, -0.25) is 9.48 Å². The second-order valence-electron chi connectivity index (χ2n) is 2.69. The van der Waals surface area contributed by atoms with Crippen LogP contribution in [-0.4, -0.2) is 34.7 Å². The quantitative estimate of drug-likeness (QED) is 0.426. The molecule has 4 nitrogen and oxygen atoms in total. The number of rotatable bonds is 1. The lowest BCUT2D eigenvalue weighted by molar-refractivity contribution is -0.458. The highest BCUT2D eigenvalue weighted by atomic mass is 16.1. The van der Waals surface area contributed by atoms with Crippen LogP contribution in [0.2, 0.25) is 0 Å². The van der Waals surface area contributed by atoms with Gasteiger partial charge in [0.1, 0.15) is 19.7 Å². The van der Waals surface area contributed by atoms with E-state index in [2.05, 4.69) is 5.10 Å². The number of nitrogens with one attached hydrogen (secondary N) is 1. The van der Waals surface area contributed by atoms with Crippen molar-refractivity contribution >= 4 is 6.21 Å². The molecule has 0 amide bonds. The highest BCUT2D eigenvalue weighted by molar-refractivity contribution is 5.74. The summed E-state index contributed by atoms with van der Waals surface area (Å²) in [4.78, 5) is 11.2. The van der Waals surface area contributed by atoms with E-state index in [1.54, 1.807) is 19.5 Å². The maximum atomic E-state index is 11.2. The van der Waals surface area contributed by atoms with Gasteiger partial charge in [0.15, 0.2) is 6.21 Å². The molecular formula is C7H12N3O+. The predicted molar refractivity (Wildman–Crippen MR) is 43.3 cm³/mol. The summed E-state index contributed by atoms with van der Waals surface area (Å²) in [5.41, 5.74) is 0.677. The highest BCUT2D eigenvalue weighted by Crippen LogP contribution is 1.80. The zero-order valence-corrected chi connectivity index (χ0v) is 6.96. The van der Waals surface area contributed by atoms with Crippen LogP contribution in [-0.2, 0) is 7.05 Å². The summed E-state index contributed by atoms with van der Waals surface area (Å²) < 4.78 is 3.28. The van der Waals surface area contributed by atoms with E-state index in [1.807, 2.05) is 18.7 Å². The Hall–Kier alpha value is -1.32. The van der Waals surface area contributed by atoms with Crippen molar-refractivity contribution in [3.8, 4) is 0 Å². The summed E-state index contributed by atoms with van der Waals surface area (Å²) >= 11 is 0. The maximum Gasteiger partial charge on any atom is 0.279 e. The van der Waals surface area contributed by atoms with Crippen molar-refractivity contribution in [1.82, 2.24) is 9.78 Å². The van der Waals surface area contributed by atoms with Crippen LogP contribution in [0.15, 0.2) is 11.0 Å². The molecule has 0 saturated carbocycles. The molecule has 0 radical (unpaired) electrons. The van der Waals surface area contributed by atoms with Crippen molar-refractivity contribution in [3.63, 3.8) is 0 Å². The Labute approximate surface area is 64.8 Å². The van der Waals surface area contributed by atoms with Crippen LogP contribution in [0.1, 0.15) is 5.56 Å². The fourth-order valence-corrected chi connectivity index (χ4v) is 0.851. The average molecular weight is 154 g/mol. The third kappa shape index (κ3) is 1.58. The van der Waals surface area contributed by atoms with Gasteiger partial charge in [0.05, 0.1) is 0 Å². The second-order valence-corrected chi connectivity index (χ2v) is 2.69. The molecule has 60 valence electrons. The van der Waals surface area contributed by atoms with Gasteiger partial charge in [-0.15, -0.1) is 0 Å². The topological polar surface area (TPSA) is 40.8 Å². The molecule has 0 aliphatic carbocycles. The number of aromatic nitrogens is 2. The minimum atomic E-state index is -0.00120. The van der Waals surface area contributed by atoms with E-state index >= 15 is 0 Å². The van der Waals surface area contributed by atoms with Crippen molar-refractivity contribution in [2.24, 2.45) is 7.05 Å². The molecule has 0 atom stereocenters. The Bertz CT molecular complexity index is 328. The van der Waals surface area contributed by atoms with E-state index in [4.69, 9.17) is 0 Å². The fraction of sp³-hybridized carbons (Fsp3) is 0.429. The van der Waals surface area contributed by atoms with Gasteiger partial charge in [0.25, 0.3) is 5.56 Å². The molecule has 1 heterocycles. The lowest BCUT2D eigenvalue weighted by Gasteiger charge is -1.82. The van der Waals surface area contributed by atoms with E-state index in [0.29, 0.717) is 5.56 Å². The fourth-order valence-electron chi connectivity index (χ4n) is 0.851. The molecule has 0 aliphatic rings. The molecular weight excluding hydrogens is 142 g/mol. The van der Waals surface area contributed by atoms with Crippen molar-refractivity contribution in [3.05, 3.63) is 22.1 Å². The average Bonchev–Trinajstić information content (AvgIpc) is 2.18. The Kier molecular flexibility index (Phi) is 1.94. The molecule has 0 bridgehead atoms. The van der Waals surface area contributed by atoms with Crippen LogP contribution >= 0.6 is 0 Å². The molecule has 0 fully saturated rings. The van der Waals surface area contributed by atoms with Crippen molar-refractivity contribution < 1.29 is 4.58 Å². The zero-order chi connectivity index (χ0) is 8.43. The van der Waals surface area contributed by atoms with Crippen LogP contribution in [0.25, 0.3) is 0 Å². The van der Waals surface area contributed by atoms with Gasteiger partial charge < -0.3 is 5.10 Å².